The van der Waals surface area contributed by atoms with E-state index >= 15 is 0 Å². The van der Waals surface area contributed by atoms with Crippen LogP contribution in [0.3, 0.4) is 0 Å². The minimum absolute atomic E-state index is 0.179. The normalized spacial score (nSPS) is 18.8. The van der Waals surface area contributed by atoms with Crippen molar-refractivity contribution in [1.29, 1.82) is 0 Å². The minimum atomic E-state index is -0.191. The smallest absolute Gasteiger partial charge is 0.267 e. The van der Waals surface area contributed by atoms with Crippen LogP contribution in [0.15, 0.2) is 64.4 Å². The Labute approximate surface area is 195 Å². The monoisotopic (exact) mass is 462 g/mol. The van der Waals surface area contributed by atoms with E-state index in [0.29, 0.717) is 26.3 Å². The van der Waals surface area contributed by atoms with Gasteiger partial charge in [0.05, 0.1) is 16.5 Å². The Morgan fingerprint density at radius 3 is 2.53 bits per heavy atom. The molecule has 8 heteroatoms. The number of thiocarbonyl (C=S) groups is 1. The van der Waals surface area contributed by atoms with Gasteiger partial charge < -0.3 is 4.90 Å². The van der Waals surface area contributed by atoms with E-state index in [4.69, 9.17) is 17.2 Å². The highest BCUT2D eigenvalue weighted by Crippen LogP contribution is 2.38. The molecule has 2 fully saturated rings. The van der Waals surface area contributed by atoms with E-state index < -0.39 is 0 Å². The predicted octanol–water partition coefficient (Wildman–Crippen LogP) is 4.26. The van der Waals surface area contributed by atoms with Crippen LogP contribution in [0, 0.1) is 0 Å². The third-order valence-electron chi connectivity index (χ3n) is 5.92. The summed E-state index contributed by atoms with van der Waals surface area (Å²) in [6, 6.07) is 15.1. The number of pyridine rings is 1. The van der Waals surface area contributed by atoms with Crippen molar-refractivity contribution < 1.29 is 4.79 Å². The van der Waals surface area contributed by atoms with Crippen molar-refractivity contribution in [3.05, 3.63) is 81.1 Å². The number of nitrogens with zero attached hydrogens (tertiary/aromatic N) is 4. The molecular formula is C24H22N4O2S2. The van der Waals surface area contributed by atoms with E-state index in [1.54, 1.807) is 23.2 Å². The molecule has 6 nitrogen and oxygen atoms in total. The van der Waals surface area contributed by atoms with Crippen molar-refractivity contribution in [2.45, 2.75) is 25.8 Å². The summed E-state index contributed by atoms with van der Waals surface area (Å²) in [7, 11) is 0. The highest BCUT2D eigenvalue weighted by atomic mass is 32.2. The van der Waals surface area contributed by atoms with Crippen LogP contribution in [-0.2, 0) is 4.79 Å². The molecule has 0 saturated carbocycles. The number of amides is 1. The lowest BCUT2D eigenvalue weighted by molar-refractivity contribution is -0.123. The molecule has 32 heavy (non-hydrogen) atoms. The molecule has 1 aromatic carbocycles. The molecule has 0 bridgehead atoms. The van der Waals surface area contributed by atoms with Gasteiger partial charge in [0.1, 0.15) is 15.8 Å². The maximum Gasteiger partial charge on any atom is 0.267 e. The number of carbonyl (C=O) groups excluding carboxylic acids is 1. The molecular weight excluding hydrogens is 440 g/mol. The zero-order chi connectivity index (χ0) is 22.2. The van der Waals surface area contributed by atoms with E-state index in [2.05, 4.69) is 4.90 Å². The standard InChI is InChI=1S/C24H22N4O2S2/c1-16(17-9-3-2-4-10-17)28-23(30)19(32-24(28)31)15-18-21(26-12-7-8-13-26)25-20-11-5-6-14-27(20)22(18)29/h2-6,9-11,14-16H,7-8,12-13H2,1H3/b19-15+. The van der Waals surface area contributed by atoms with Crippen LogP contribution < -0.4 is 10.5 Å². The van der Waals surface area contributed by atoms with Crippen molar-refractivity contribution in [3.8, 4) is 0 Å². The fourth-order valence-electron chi connectivity index (χ4n) is 4.21. The van der Waals surface area contributed by atoms with E-state index in [9.17, 15) is 9.59 Å². The zero-order valence-electron chi connectivity index (χ0n) is 17.6. The summed E-state index contributed by atoms with van der Waals surface area (Å²) in [5, 5.41) is 0. The van der Waals surface area contributed by atoms with E-state index in [0.717, 1.165) is 31.5 Å². The topological polar surface area (TPSA) is 57.9 Å². The summed E-state index contributed by atoms with van der Waals surface area (Å²) in [5.41, 5.74) is 1.86. The summed E-state index contributed by atoms with van der Waals surface area (Å²) < 4.78 is 2.02. The lowest BCUT2D eigenvalue weighted by atomic mass is 10.1. The summed E-state index contributed by atoms with van der Waals surface area (Å²) in [4.78, 5) is 35.7. The number of hydrogen-bond donors (Lipinski definition) is 0. The van der Waals surface area contributed by atoms with Gasteiger partial charge in [0.15, 0.2) is 0 Å². The summed E-state index contributed by atoms with van der Waals surface area (Å²) in [6.45, 7) is 3.66. The van der Waals surface area contributed by atoms with Gasteiger partial charge >= 0.3 is 0 Å². The first kappa shape index (κ1) is 20.9. The number of anilines is 1. The number of benzene rings is 1. The maximum atomic E-state index is 13.4. The summed E-state index contributed by atoms with van der Waals surface area (Å²) >= 11 is 6.79. The van der Waals surface area contributed by atoms with Crippen LogP contribution in [0.5, 0.6) is 0 Å². The largest absolute Gasteiger partial charge is 0.356 e. The summed E-state index contributed by atoms with van der Waals surface area (Å²) in [5.74, 6) is 0.460. The van der Waals surface area contributed by atoms with Gasteiger partial charge in [-0.2, -0.15) is 0 Å². The van der Waals surface area contributed by atoms with Crippen molar-refractivity contribution in [3.63, 3.8) is 0 Å². The Morgan fingerprint density at radius 1 is 1.06 bits per heavy atom. The highest BCUT2D eigenvalue weighted by molar-refractivity contribution is 8.26. The number of fused-ring (bicyclic) bond motifs is 1. The average Bonchev–Trinajstić information content (AvgIpc) is 3.44. The van der Waals surface area contributed by atoms with E-state index in [1.165, 1.54) is 16.2 Å². The van der Waals surface area contributed by atoms with Crippen LogP contribution in [-0.4, -0.2) is 37.6 Å². The quantitative estimate of drug-likeness (QED) is 0.427. The van der Waals surface area contributed by atoms with Crippen molar-refractivity contribution in [1.82, 2.24) is 14.3 Å². The third-order valence-corrected chi connectivity index (χ3v) is 7.25. The molecule has 2 aliphatic heterocycles. The first-order chi connectivity index (χ1) is 15.5. The second-order valence-electron chi connectivity index (χ2n) is 7.92. The zero-order valence-corrected chi connectivity index (χ0v) is 19.2. The Morgan fingerprint density at radius 2 is 1.78 bits per heavy atom. The first-order valence-electron chi connectivity index (χ1n) is 10.6. The number of aromatic nitrogens is 2. The highest BCUT2D eigenvalue weighted by Gasteiger charge is 2.36. The van der Waals surface area contributed by atoms with Crippen LogP contribution in [0.4, 0.5) is 5.82 Å². The lowest BCUT2D eigenvalue weighted by Gasteiger charge is -2.23. The Hall–Kier alpha value is -2.97. The van der Waals surface area contributed by atoms with Gasteiger partial charge in [0.25, 0.3) is 11.5 Å². The average molecular weight is 463 g/mol. The van der Waals surface area contributed by atoms with E-state index in [-0.39, 0.29) is 17.5 Å². The second kappa shape index (κ2) is 8.52. The molecule has 0 radical (unpaired) electrons. The molecule has 2 aliphatic rings. The first-order valence-corrected chi connectivity index (χ1v) is 11.9. The van der Waals surface area contributed by atoms with Crippen molar-refractivity contribution >= 4 is 51.7 Å². The third kappa shape index (κ3) is 3.63. The van der Waals surface area contributed by atoms with Gasteiger partial charge in [0.2, 0.25) is 0 Å². The van der Waals surface area contributed by atoms with Crippen molar-refractivity contribution in [2.24, 2.45) is 0 Å². The van der Waals surface area contributed by atoms with E-state index in [1.807, 2.05) is 49.4 Å². The second-order valence-corrected chi connectivity index (χ2v) is 9.59. The molecule has 1 amide bonds. The fraction of sp³-hybridized carbons (Fsp3) is 0.250. The summed E-state index contributed by atoms with van der Waals surface area (Å²) in [6.07, 6.45) is 5.51. The minimum Gasteiger partial charge on any atom is -0.356 e. The molecule has 5 rings (SSSR count). The maximum absolute atomic E-state index is 13.4. The van der Waals surface area contributed by atoms with Crippen LogP contribution in [0.1, 0.15) is 36.9 Å². The van der Waals surface area contributed by atoms with Gasteiger partial charge in [-0.1, -0.05) is 60.4 Å². The predicted molar refractivity (Wildman–Crippen MR) is 133 cm³/mol. The molecule has 162 valence electrons. The van der Waals surface area contributed by atoms with Gasteiger partial charge in [-0.15, -0.1) is 0 Å². The van der Waals surface area contributed by atoms with Crippen LogP contribution >= 0.6 is 24.0 Å². The van der Waals surface area contributed by atoms with Crippen LogP contribution in [0.25, 0.3) is 11.7 Å². The Bertz CT molecular complexity index is 1300. The molecule has 2 saturated heterocycles. The fourth-order valence-corrected chi connectivity index (χ4v) is 5.61. The molecule has 1 atom stereocenters. The molecule has 0 aliphatic carbocycles. The number of thioether (sulfide) groups is 1. The van der Waals surface area contributed by atoms with Gasteiger partial charge in [-0.25, -0.2) is 4.98 Å². The van der Waals surface area contributed by atoms with Gasteiger partial charge in [-0.05, 0) is 43.5 Å². The molecule has 0 N–H and O–H groups in total. The number of rotatable bonds is 4. The Kier molecular flexibility index (Phi) is 5.57. The molecule has 1 unspecified atom stereocenters. The van der Waals surface area contributed by atoms with Crippen LogP contribution in [0.2, 0.25) is 0 Å². The van der Waals surface area contributed by atoms with Gasteiger partial charge in [0, 0.05) is 19.3 Å². The molecule has 4 heterocycles. The van der Waals surface area contributed by atoms with Gasteiger partial charge in [-0.3, -0.25) is 18.9 Å². The van der Waals surface area contributed by atoms with Crippen molar-refractivity contribution in [2.75, 3.05) is 18.0 Å². The lowest BCUT2D eigenvalue weighted by Crippen LogP contribution is -2.31. The Balaban J connectivity index is 1.59. The molecule has 3 aromatic rings. The molecule has 2 aromatic heterocycles. The SMILES string of the molecule is CC(c1ccccc1)N1C(=O)/C(=C\c2c(N3CCCC3)nc3ccccn3c2=O)SC1=S. The molecule has 0 spiro atoms. The number of hydrogen-bond acceptors (Lipinski definition) is 6. The number of carbonyl (C=O) groups is 1.